The van der Waals surface area contributed by atoms with E-state index in [1.54, 1.807) is 0 Å². The number of halogens is 3. The number of hydrogen-bond donors (Lipinski definition) is 1. The van der Waals surface area contributed by atoms with Crippen LogP contribution >= 0.6 is 11.3 Å². The van der Waals surface area contributed by atoms with Crippen molar-refractivity contribution in [2.45, 2.75) is 13.1 Å². The molecule has 0 saturated heterocycles. The molecule has 0 radical (unpaired) electrons. The van der Waals surface area contributed by atoms with Crippen molar-refractivity contribution in [3.05, 3.63) is 40.1 Å². The molecule has 0 spiro atoms. The number of alkyl halides is 3. The van der Waals surface area contributed by atoms with E-state index in [2.05, 4.69) is 0 Å². The van der Waals surface area contributed by atoms with Crippen LogP contribution in [0.2, 0.25) is 0 Å². The molecule has 1 heterocycles. The normalized spacial score (nSPS) is 11.8. The van der Waals surface area contributed by atoms with Gasteiger partial charge in [-0.15, -0.1) is 11.3 Å². The van der Waals surface area contributed by atoms with Crippen LogP contribution in [0.5, 0.6) is 0 Å². The molecule has 17 heavy (non-hydrogen) atoms. The lowest BCUT2D eigenvalue weighted by molar-refractivity contribution is -0.137. The Hall–Kier alpha value is -1.49. The fourth-order valence-corrected chi connectivity index (χ4v) is 2.29. The molecule has 0 aliphatic carbocycles. The highest BCUT2D eigenvalue weighted by Crippen LogP contribution is 2.35. The predicted octanol–water partition coefficient (Wildman–Crippen LogP) is 4.32. The quantitative estimate of drug-likeness (QED) is 0.756. The van der Waals surface area contributed by atoms with Gasteiger partial charge in [0.2, 0.25) is 0 Å². The van der Waals surface area contributed by atoms with Crippen LogP contribution in [0.15, 0.2) is 29.6 Å². The lowest BCUT2D eigenvalue weighted by Gasteiger charge is -2.09. The third-order valence-corrected chi connectivity index (χ3v) is 3.28. The molecule has 0 amide bonds. The Morgan fingerprint density at radius 1 is 1.18 bits per heavy atom. The van der Waals surface area contributed by atoms with Gasteiger partial charge in [-0.1, -0.05) is 6.07 Å². The summed E-state index contributed by atoms with van der Waals surface area (Å²) in [6.45, 7) is 1.94. The summed E-state index contributed by atoms with van der Waals surface area (Å²) >= 11 is 1.54. The second-order valence-electron chi connectivity index (χ2n) is 3.75. The van der Waals surface area contributed by atoms with E-state index >= 15 is 0 Å². The van der Waals surface area contributed by atoms with E-state index in [0.717, 1.165) is 22.6 Å². The maximum atomic E-state index is 12.5. The molecule has 1 aromatic carbocycles. The number of nitrogen functional groups attached to an aromatic ring is 1. The van der Waals surface area contributed by atoms with Crippen molar-refractivity contribution in [2.75, 3.05) is 5.73 Å². The van der Waals surface area contributed by atoms with E-state index < -0.39 is 11.7 Å². The largest absolute Gasteiger partial charge is 0.416 e. The maximum Gasteiger partial charge on any atom is 0.416 e. The fourth-order valence-electron chi connectivity index (χ4n) is 1.59. The van der Waals surface area contributed by atoms with Crippen LogP contribution in [-0.4, -0.2) is 0 Å². The minimum absolute atomic E-state index is 0.151. The van der Waals surface area contributed by atoms with Crippen molar-refractivity contribution < 1.29 is 13.2 Å². The molecular formula is C12H10F3NS. The van der Waals surface area contributed by atoms with Crippen LogP contribution < -0.4 is 5.73 Å². The van der Waals surface area contributed by atoms with Gasteiger partial charge in [0.15, 0.2) is 0 Å². The van der Waals surface area contributed by atoms with Crippen LogP contribution in [0.3, 0.4) is 0 Å². The van der Waals surface area contributed by atoms with Gasteiger partial charge in [-0.05, 0) is 36.1 Å². The van der Waals surface area contributed by atoms with Crippen molar-refractivity contribution in [3.8, 4) is 11.1 Å². The Morgan fingerprint density at radius 3 is 2.35 bits per heavy atom. The summed E-state index contributed by atoms with van der Waals surface area (Å²) < 4.78 is 37.4. The summed E-state index contributed by atoms with van der Waals surface area (Å²) in [5.41, 5.74) is 6.60. The van der Waals surface area contributed by atoms with Gasteiger partial charge in [-0.3, -0.25) is 0 Å². The molecule has 1 nitrogen and oxygen atoms in total. The van der Waals surface area contributed by atoms with Crippen LogP contribution in [-0.2, 0) is 6.18 Å². The zero-order chi connectivity index (χ0) is 12.6. The molecule has 0 fully saturated rings. The summed E-state index contributed by atoms with van der Waals surface area (Å²) in [4.78, 5) is 1.10. The monoisotopic (exact) mass is 257 g/mol. The Labute approximate surface area is 101 Å². The average molecular weight is 257 g/mol. The summed E-state index contributed by atoms with van der Waals surface area (Å²) in [5.74, 6) is 0. The zero-order valence-electron chi connectivity index (χ0n) is 9.01. The predicted molar refractivity (Wildman–Crippen MR) is 63.9 cm³/mol. The standard InChI is InChI=1S/C12H10F3NS/c1-7-4-8(6-17-7)10-3-2-9(5-11(10)16)12(13,14)15/h2-6H,16H2,1H3. The molecule has 2 N–H and O–H groups in total. The number of thiophene rings is 1. The molecule has 0 unspecified atom stereocenters. The first-order chi connectivity index (χ1) is 7.88. The Balaban J connectivity index is 2.45. The van der Waals surface area contributed by atoms with Gasteiger partial charge in [-0.25, -0.2) is 0 Å². The van der Waals surface area contributed by atoms with Crippen LogP contribution in [0.1, 0.15) is 10.4 Å². The van der Waals surface area contributed by atoms with Crippen molar-refractivity contribution in [1.82, 2.24) is 0 Å². The van der Waals surface area contributed by atoms with E-state index in [1.807, 2.05) is 18.4 Å². The number of hydrogen-bond acceptors (Lipinski definition) is 2. The lowest BCUT2D eigenvalue weighted by Crippen LogP contribution is -2.05. The van der Waals surface area contributed by atoms with E-state index in [0.29, 0.717) is 5.56 Å². The highest BCUT2D eigenvalue weighted by molar-refractivity contribution is 7.10. The first-order valence-electron chi connectivity index (χ1n) is 4.90. The fraction of sp³-hybridized carbons (Fsp3) is 0.167. The molecule has 2 rings (SSSR count). The average Bonchev–Trinajstić information content (AvgIpc) is 2.63. The number of nitrogens with two attached hydrogens (primary N) is 1. The molecule has 0 atom stereocenters. The third-order valence-electron chi connectivity index (χ3n) is 2.42. The smallest absolute Gasteiger partial charge is 0.398 e. The van der Waals surface area contributed by atoms with E-state index in [4.69, 9.17) is 5.73 Å². The van der Waals surface area contributed by atoms with Crippen molar-refractivity contribution >= 4 is 17.0 Å². The molecular weight excluding hydrogens is 247 g/mol. The molecule has 0 bridgehead atoms. The van der Waals surface area contributed by atoms with Crippen LogP contribution in [0.25, 0.3) is 11.1 Å². The minimum Gasteiger partial charge on any atom is -0.398 e. The first-order valence-corrected chi connectivity index (χ1v) is 5.78. The molecule has 0 aliphatic heterocycles. The van der Waals surface area contributed by atoms with E-state index in [9.17, 15) is 13.2 Å². The van der Waals surface area contributed by atoms with Crippen LogP contribution in [0, 0.1) is 6.92 Å². The van der Waals surface area contributed by atoms with E-state index in [-0.39, 0.29) is 5.69 Å². The second-order valence-corrected chi connectivity index (χ2v) is 4.86. The summed E-state index contributed by atoms with van der Waals surface area (Å²) in [6, 6.07) is 5.35. The van der Waals surface area contributed by atoms with Gasteiger partial charge in [0.1, 0.15) is 0 Å². The molecule has 0 saturated carbocycles. The van der Waals surface area contributed by atoms with Gasteiger partial charge < -0.3 is 5.73 Å². The van der Waals surface area contributed by atoms with Gasteiger partial charge >= 0.3 is 6.18 Å². The zero-order valence-corrected chi connectivity index (χ0v) is 9.82. The van der Waals surface area contributed by atoms with Crippen molar-refractivity contribution in [3.63, 3.8) is 0 Å². The molecule has 2 aromatic rings. The van der Waals surface area contributed by atoms with E-state index in [1.165, 1.54) is 17.4 Å². The molecule has 0 aliphatic rings. The Kier molecular flexibility index (Phi) is 2.87. The number of aryl methyl sites for hydroxylation is 1. The maximum absolute atomic E-state index is 12.5. The lowest BCUT2D eigenvalue weighted by atomic mass is 10.0. The van der Waals surface area contributed by atoms with Crippen LogP contribution in [0.4, 0.5) is 18.9 Å². The Morgan fingerprint density at radius 2 is 1.88 bits per heavy atom. The highest BCUT2D eigenvalue weighted by Gasteiger charge is 2.30. The van der Waals surface area contributed by atoms with Crippen molar-refractivity contribution in [1.29, 1.82) is 0 Å². The third kappa shape index (κ3) is 2.44. The summed E-state index contributed by atoms with van der Waals surface area (Å²) in [6.07, 6.45) is -4.35. The van der Waals surface area contributed by atoms with Gasteiger partial charge in [0, 0.05) is 16.1 Å². The molecule has 1 aromatic heterocycles. The highest BCUT2D eigenvalue weighted by atomic mass is 32.1. The topological polar surface area (TPSA) is 26.0 Å². The SMILES string of the molecule is Cc1cc(-c2ccc(C(F)(F)F)cc2N)cs1. The Bertz CT molecular complexity index is 543. The van der Waals surface area contributed by atoms with Gasteiger partial charge in [-0.2, -0.15) is 13.2 Å². The first kappa shape index (κ1) is 12.0. The summed E-state index contributed by atoms with van der Waals surface area (Å²) in [7, 11) is 0. The number of rotatable bonds is 1. The van der Waals surface area contributed by atoms with Gasteiger partial charge in [0.25, 0.3) is 0 Å². The second kappa shape index (κ2) is 4.07. The van der Waals surface area contributed by atoms with Gasteiger partial charge in [0.05, 0.1) is 5.56 Å². The molecule has 5 heteroatoms. The number of anilines is 1. The molecule has 90 valence electrons. The van der Waals surface area contributed by atoms with Crippen molar-refractivity contribution in [2.24, 2.45) is 0 Å². The number of benzene rings is 1. The minimum atomic E-state index is -4.35. The summed E-state index contributed by atoms with van der Waals surface area (Å²) in [5, 5.41) is 1.88.